The fraction of sp³-hybridized carbons (Fsp3) is 0.312. The van der Waals surface area contributed by atoms with Crippen molar-refractivity contribution in [2.75, 3.05) is 30.5 Å². The second-order valence-electron chi connectivity index (χ2n) is 9.59. The lowest BCUT2D eigenvalue weighted by Crippen LogP contribution is -2.32. The minimum atomic E-state index is -0.128. The summed E-state index contributed by atoms with van der Waals surface area (Å²) in [4.78, 5) is 22.3. The number of aryl methyl sites for hydroxylation is 1. The maximum atomic E-state index is 13.7. The maximum absolute atomic E-state index is 13.7. The molecule has 0 fully saturated rings. The quantitative estimate of drug-likeness (QED) is 0.210. The van der Waals surface area contributed by atoms with Gasteiger partial charge >= 0.3 is 0 Å². The topological polar surface area (TPSA) is 45.1 Å². The third kappa shape index (κ3) is 6.48. The molecule has 192 valence electrons. The molecule has 3 aromatic carbocycles. The van der Waals surface area contributed by atoms with Gasteiger partial charge in [-0.15, -0.1) is 0 Å². The van der Waals surface area contributed by atoms with Gasteiger partial charge in [0.15, 0.2) is 0 Å². The molecule has 1 heterocycles. The molecular weight excluding hydrogens is 458 g/mol. The highest BCUT2D eigenvalue weighted by atomic mass is 16.5. The lowest BCUT2D eigenvalue weighted by molar-refractivity contribution is -0.113. The van der Waals surface area contributed by atoms with Gasteiger partial charge in [0.2, 0.25) is 0 Å². The number of unbranched alkanes of at least 4 members (excludes halogenated alkanes) is 2. The summed E-state index contributed by atoms with van der Waals surface area (Å²) in [5.74, 6) is 1.32. The summed E-state index contributed by atoms with van der Waals surface area (Å²) in [6.07, 6.45) is 7.33. The first-order valence-corrected chi connectivity index (χ1v) is 13.2. The first-order valence-electron chi connectivity index (χ1n) is 13.2. The maximum Gasteiger partial charge on any atom is 0.282 e. The van der Waals surface area contributed by atoms with Crippen molar-refractivity contribution in [3.63, 3.8) is 0 Å². The number of carbonyl (C=O) groups excluding carboxylic acids is 1. The number of ether oxygens (including phenoxy) is 1. The Labute approximate surface area is 221 Å². The molecule has 0 saturated carbocycles. The molecule has 1 aliphatic rings. The van der Waals surface area contributed by atoms with E-state index in [1.807, 2.05) is 80.8 Å². The van der Waals surface area contributed by atoms with Crippen LogP contribution in [0.4, 0.5) is 11.4 Å². The van der Waals surface area contributed by atoms with E-state index in [9.17, 15) is 4.79 Å². The number of amides is 1. The molecule has 5 nitrogen and oxygen atoms in total. The van der Waals surface area contributed by atoms with Gasteiger partial charge in [-0.25, -0.2) is 4.99 Å². The van der Waals surface area contributed by atoms with Gasteiger partial charge in [0.25, 0.3) is 5.91 Å². The Hall–Kier alpha value is -3.86. The zero-order chi connectivity index (χ0) is 26.2. The lowest BCUT2D eigenvalue weighted by atomic mass is 10.1. The highest BCUT2D eigenvalue weighted by Gasteiger charge is 2.32. The van der Waals surface area contributed by atoms with E-state index in [1.165, 1.54) is 5.56 Å². The average Bonchev–Trinajstić information content (AvgIpc) is 3.24. The third-order valence-corrected chi connectivity index (χ3v) is 6.47. The largest absolute Gasteiger partial charge is 0.494 e. The molecule has 0 N–H and O–H groups in total. The first-order chi connectivity index (χ1) is 18.0. The molecule has 37 heavy (non-hydrogen) atoms. The Balaban J connectivity index is 1.66. The Morgan fingerprint density at radius 1 is 0.865 bits per heavy atom. The van der Waals surface area contributed by atoms with Crippen molar-refractivity contribution >= 4 is 29.2 Å². The van der Waals surface area contributed by atoms with E-state index in [4.69, 9.17) is 9.73 Å². The Bertz CT molecular complexity index is 1240. The van der Waals surface area contributed by atoms with E-state index < -0.39 is 0 Å². The normalized spacial score (nSPS) is 14.3. The summed E-state index contributed by atoms with van der Waals surface area (Å²) in [5, 5.41) is 0. The Morgan fingerprint density at radius 3 is 2.16 bits per heavy atom. The van der Waals surface area contributed by atoms with Crippen molar-refractivity contribution in [3.8, 4) is 5.75 Å². The van der Waals surface area contributed by atoms with Crippen LogP contribution in [0.3, 0.4) is 0 Å². The van der Waals surface area contributed by atoms with Crippen LogP contribution in [0.5, 0.6) is 5.75 Å². The average molecular weight is 496 g/mol. The van der Waals surface area contributed by atoms with Gasteiger partial charge in [0.1, 0.15) is 17.3 Å². The lowest BCUT2D eigenvalue weighted by Gasteiger charge is -2.19. The fourth-order valence-corrected chi connectivity index (χ4v) is 4.20. The second-order valence-corrected chi connectivity index (χ2v) is 9.59. The Morgan fingerprint density at radius 2 is 1.54 bits per heavy atom. The highest BCUT2D eigenvalue weighted by Crippen LogP contribution is 2.29. The van der Waals surface area contributed by atoms with Crippen molar-refractivity contribution < 1.29 is 9.53 Å². The number of amidine groups is 1. The van der Waals surface area contributed by atoms with Crippen LogP contribution in [0.15, 0.2) is 83.5 Å². The number of nitrogens with zero attached hydrogens (tertiary/aromatic N) is 3. The smallest absolute Gasteiger partial charge is 0.282 e. The van der Waals surface area contributed by atoms with Gasteiger partial charge in [0, 0.05) is 25.3 Å². The number of rotatable bonds is 11. The van der Waals surface area contributed by atoms with Crippen LogP contribution in [0.2, 0.25) is 0 Å². The van der Waals surface area contributed by atoms with Crippen molar-refractivity contribution in [1.82, 2.24) is 0 Å². The van der Waals surface area contributed by atoms with Crippen molar-refractivity contribution in [3.05, 3.63) is 95.2 Å². The van der Waals surface area contributed by atoms with Crippen LogP contribution in [-0.2, 0) is 11.2 Å². The molecule has 0 bridgehead atoms. The summed E-state index contributed by atoms with van der Waals surface area (Å²) in [5.41, 5.74) is 5.44. The monoisotopic (exact) mass is 495 g/mol. The minimum Gasteiger partial charge on any atom is -0.494 e. The SMILES string of the molecule is CCCCOc1ccc(C2=N/C(=C\c3ccc(N(C)C)cc3)C(=O)N2c2ccc(CCCC)cc2)cc1. The molecule has 0 saturated heterocycles. The summed E-state index contributed by atoms with van der Waals surface area (Å²) in [6, 6.07) is 24.2. The molecule has 3 aromatic rings. The first kappa shape index (κ1) is 26.2. The van der Waals surface area contributed by atoms with Gasteiger partial charge in [-0.2, -0.15) is 0 Å². The number of aliphatic imine (C=N–C) groups is 1. The van der Waals surface area contributed by atoms with E-state index >= 15 is 0 Å². The van der Waals surface area contributed by atoms with Gasteiger partial charge in [-0.1, -0.05) is 51.0 Å². The Kier molecular flexibility index (Phi) is 8.78. The summed E-state index contributed by atoms with van der Waals surface area (Å²) >= 11 is 0. The molecular formula is C32H37N3O2. The van der Waals surface area contributed by atoms with E-state index in [-0.39, 0.29) is 5.91 Å². The zero-order valence-electron chi connectivity index (χ0n) is 22.4. The van der Waals surface area contributed by atoms with E-state index in [1.54, 1.807) is 4.90 Å². The number of hydrogen-bond acceptors (Lipinski definition) is 4. The van der Waals surface area contributed by atoms with E-state index in [0.717, 1.165) is 60.4 Å². The number of benzene rings is 3. The van der Waals surface area contributed by atoms with E-state index in [0.29, 0.717) is 18.1 Å². The predicted molar refractivity (Wildman–Crippen MR) is 155 cm³/mol. The molecule has 1 aliphatic heterocycles. The third-order valence-electron chi connectivity index (χ3n) is 6.47. The van der Waals surface area contributed by atoms with Crippen LogP contribution >= 0.6 is 0 Å². The van der Waals surface area contributed by atoms with Gasteiger partial charge in [-0.05, 0) is 85.0 Å². The summed E-state index contributed by atoms with van der Waals surface area (Å²) in [6.45, 7) is 5.04. The summed E-state index contributed by atoms with van der Waals surface area (Å²) < 4.78 is 5.83. The standard InChI is InChI=1S/C32H37N3O2/c1-5-7-9-24-10-18-28(19-11-24)35-31(26-14-20-29(21-15-26)37-22-8-6-2)33-30(32(35)36)23-25-12-16-27(17-13-25)34(3)4/h10-21,23H,5-9,22H2,1-4H3/b30-23-. The highest BCUT2D eigenvalue weighted by molar-refractivity contribution is 6.33. The van der Waals surface area contributed by atoms with Crippen molar-refractivity contribution in [2.45, 2.75) is 46.0 Å². The second kappa shape index (κ2) is 12.4. The predicted octanol–water partition coefficient (Wildman–Crippen LogP) is 7.11. The van der Waals surface area contributed by atoms with Crippen LogP contribution in [0.25, 0.3) is 6.08 Å². The minimum absolute atomic E-state index is 0.128. The van der Waals surface area contributed by atoms with Gasteiger partial charge in [0.05, 0.1) is 12.3 Å². The van der Waals surface area contributed by atoms with Crippen LogP contribution in [0, 0.1) is 0 Å². The number of carbonyl (C=O) groups is 1. The molecule has 0 aromatic heterocycles. The van der Waals surface area contributed by atoms with Crippen LogP contribution in [0.1, 0.15) is 56.2 Å². The molecule has 0 atom stereocenters. The zero-order valence-corrected chi connectivity index (χ0v) is 22.4. The number of hydrogen-bond donors (Lipinski definition) is 0. The molecule has 1 amide bonds. The van der Waals surface area contributed by atoms with Crippen LogP contribution in [-0.4, -0.2) is 32.4 Å². The van der Waals surface area contributed by atoms with Gasteiger partial charge in [-0.3, -0.25) is 9.69 Å². The van der Waals surface area contributed by atoms with Crippen molar-refractivity contribution in [2.24, 2.45) is 4.99 Å². The summed E-state index contributed by atoms with van der Waals surface area (Å²) in [7, 11) is 4.02. The van der Waals surface area contributed by atoms with Gasteiger partial charge < -0.3 is 9.64 Å². The molecule has 4 rings (SSSR count). The molecule has 0 radical (unpaired) electrons. The fourth-order valence-electron chi connectivity index (χ4n) is 4.20. The molecule has 0 unspecified atom stereocenters. The van der Waals surface area contributed by atoms with Crippen molar-refractivity contribution in [1.29, 1.82) is 0 Å². The van der Waals surface area contributed by atoms with Crippen LogP contribution < -0.4 is 14.5 Å². The molecule has 5 heteroatoms. The number of anilines is 2. The molecule has 0 aliphatic carbocycles. The van der Waals surface area contributed by atoms with E-state index in [2.05, 4.69) is 30.9 Å². The molecule has 0 spiro atoms.